The van der Waals surface area contributed by atoms with Gasteiger partial charge in [-0.2, -0.15) is 4.99 Å². The van der Waals surface area contributed by atoms with Crippen LogP contribution in [0.2, 0.25) is 0 Å². The van der Waals surface area contributed by atoms with Crippen molar-refractivity contribution in [3.63, 3.8) is 0 Å². The van der Waals surface area contributed by atoms with Crippen LogP contribution in [0.15, 0.2) is 52.8 Å². The lowest BCUT2D eigenvalue weighted by atomic mass is 10.1. The zero-order valence-corrected chi connectivity index (χ0v) is 22.4. The Labute approximate surface area is 227 Å². The zero-order chi connectivity index (χ0) is 28.4. The van der Waals surface area contributed by atoms with Crippen LogP contribution in [-0.4, -0.2) is 56.6 Å². The first kappa shape index (κ1) is 29.7. The van der Waals surface area contributed by atoms with Gasteiger partial charge >= 0.3 is 6.36 Å². The first-order valence-electron chi connectivity index (χ1n) is 12.0. The number of thiazole rings is 1. The molecule has 3 aromatic rings. The molecule has 0 atom stereocenters. The number of halogens is 3. The lowest BCUT2D eigenvalue weighted by Gasteiger charge is -2.12. The van der Waals surface area contributed by atoms with E-state index in [9.17, 15) is 22.8 Å². The molecule has 13 heteroatoms. The van der Waals surface area contributed by atoms with Gasteiger partial charge in [-0.1, -0.05) is 0 Å². The fraction of sp³-hybridized carbons (Fsp3) is 0.346. The van der Waals surface area contributed by atoms with Gasteiger partial charge in [-0.05, 0) is 61.9 Å². The summed E-state index contributed by atoms with van der Waals surface area (Å²) >= 11 is 1.22. The van der Waals surface area contributed by atoms with Crippen molar-refractivity contribution in [3.05, 3.63) is 58.2 Å². The van der Waals surface area contributed by atoms with Crippen molar-refractivity contribution in [1.29, 1.82) is 0 Å². The van der Waals surface area contributed by atoms with Crippen LogP contribution in [0.4, 0.5) is 13.2 Å². The topological polar surface area (TPSA) is 103 Å². The van der Waals surface area contributed by atoms with E-state index in [0.717, 1.165) is 0 Å². The number of carbonyl (C=O) groups excluding carboxylic acids is 2. The Morgan fingerprint density at radius 1 is 1.05 bits per heavy atom. The molecule has 1 aromatic heterocycles. The first-order chi connectivity index (χ1) is 18.6. The molecule has 0 aliphatic carbocycles. The number of methoxy groups -OCH3 is 2. The quantitative estimate of drug-likeness (QED) is 0.322. The van der Waals surface area contributed by atoms with E-state index in [1.165, 1.54) is 49.8 Å². The Bertz CT molecular complexity index is 1340. The van der Waals surface area contributed by atoms with Crippen molar-refractivity contribution in [3.8, 4) is 28.5 Å². The average molecular weight is 567 g/mol. The van der Waals surface area contributed by atoms with Crippen molar-refractivity contribution in [2.24, 2.45) is 4.99 Å². The number of benzene rings is 2. The number of likely N-dealkylation sites (N-methyl/N-ethyl adjacent to an activating group) is 1. The lowest BCUT2D eigenvalue weighted by Crippen LogP contribution is -2.34. The maximum atomic E-state index is 13.1. The van der Waals surface area contributed by atoms with Crippen LogP contribution in [0.25, 0.3) is 11.3 Å². The molecule has 39 heavy (non-hydrogen) atoms. The predicted molar refractivity (Wildman–Crippen MR) is 140 cm³/mol. The largest absolute Gasteiger partial charge is 0.573 e. The summed E-state index contributed by atoms with van der Waals surface area (Å²) in [7, 11) is 2.94. The number of ether oxygens (including phenoxy) is 3. The summed E-state index contributed by atoms with van der Waals surface area (Å²) < 4.78 is 54.0. The Balaban J connectivity index is 1.90. The molecule has 2 aromatic carbocycles. The van der Waals surface area contributed by atoms with E-state index in [1.54, 1.807) is 23.6 Å². The summed E-state index contributed by atoms with van der Waals surface area (Å²) in [6, 6.07) is 10.2. The second kappa shape index (κ2) is 13.8. The average Bonchev–Trinajstić information content (AvgIpc) is 3.29. The highest BCUT2D eigenvalue weighted by molar-refractivity contribution is 7.07. The van der Waals surface area contributed by atoms with E-state index >= 15 is 0 Å². The SMILES string of the molecule is CCNC(=O)CNCCCn1c(-c2ccc(OC(F)(F)F)cc2)csc1=NC(=O)c1ccc(OC)cc1OC. The standard InChI is InChI=1S/C26H29F3N4O5S/c1-4-31-23(34)15-30-12-5-13-33-21(17-6-8-18(9-7-17)38-26(27,28)29)16-39-25(33)32-24(35)20-11-10-19(36-2)14-22(20)37-3/h6-11,14,16,30H,4-5,12-13,15H2,1-3H3,(H,31,34). The Morgan fingerprint density at radius 3 is 2.41 bits per heavy atom. The molecule has 0 aliphatic heterocycles. The van der Waals surface area contributed by atoms with Crippen molar-refractivity contribution in [1.82, 2.24) is 15.2 Å². The fourth-order valence-corrected chi connectivity index (χ4v) is 4.57. The summed E-state index contributed by atoms with van der Waals surface area (Å²) in [5.41, 5.74) is 1.53. The summed E-state index contributed by atoms with van der Waals surface area (Å²) in [6.07, 6.45) is -4.20. The van der Waals surface area contributed by atoms with Gasteiger partial charge < -0.3 is 29.4 Å². The lowest BCUT2D eigenvalue weighted by molar-refractivity contribution is -0.274. The molecule has 0 spiro atoms. The van der Waals surface area contributed by atoms with Gasteiger partial charge in [-0.15, -0.1) is 24.5 Å². The van der Waals surface area contributed by atoms with Crippen LogP contribution >= 0.6 is 11.3 Å². The minimum absolute atomic E-state index is 0.114. The molecular weight excluding hydrogens is 537 g/mol. The molecule has 0 aliphatic rings. The Morgan fingerprint density at radius 2 is 1.77 bits per heavy atom. The number of hydrogen-bond acceptors (Lipinski definition) is 7. The van der Waals surface area contributed by atoms with Crippen molar-refractivity contribution < 1.29 is 37.0 Å². The highest BCUT2D eigenvalue weighted by Gasteiger charge is 2.31. The molecule has 2 N–H and O–H groups in total. The van der Waals surface area contributed by atoms with Crippen LogP contribution in [0.1, 0.15) is 23.7 Å². The summed E-state index contributed by atoms with van der Waals surface area (Å²) in [5, 5.41) is 7.54. The van der Waals surface area contributed by atoms with Gasteiger partial charge in [0.2, 0.25) is 5.91 Å². The van der Waals surface area contributed by atoms with Gasteiger partial charge in [0, 0.05) is 24.5 Å². The van der Waals surface area contributed by atoms with E-state index in [-0.39, 0.29) is 23.8 Å². The van der Waals surface area contributed by atoms with Crippen LogP contribution in [-0.2, 0) is 11.3 Å². The fourth-order valence-electron chi connectivity index (χ4n) is 3.64. The van der Waals surface area contributed by atoms with Gasteiger partial charge in [0.25, 0.3) is 5.91 Å². The molecule has 3 rings (SSSR count). The normalized spacial score (nSPS) is 11.8. The third kappa shape index (κ3) is 8.58. The predicted octanol–water partition coefficient (Wildman–Crippen LogP) is 3.99. The second-order valence-corrected chi connectivity index (χ2v) is 8.93. The molecule has 1 heterocycles. The minimum Gasteiger partial charge on any atom is -0.497 e. The second-order valence-electron chi connectivity index (χ2n) is 8.09. The Hall–Kier alpha value is -3.84. The maximum absolute atomic E-state index is 13.1. The van der Waals surface area contributed by atoms with E-state index in [2.05, 4.69) is 20.4 Å². The van der Waals surface area contributed by atoms with Crippen LogP contribution in [0.3, 0.4) is 0 Å². The Kier molecular flexibility index (Phi) is 10.5. The van der Waals surface area contributed by atoms with Gasteiger partial charge in [-0.25, -0.2) is 0 Å². The summed E-state index contributed by atoms with van der Waals surface area (Å²) in [4.78, 5) is 29.5. The highest BCUT2D eigenvalue weighted by Crippen LogP contribution is 2.28. The molecule has 0 saturated carbocycles. The van der Waals surface area contributed by atoms with E-state index in [1.807, 2.05) is 11.5 Å². The molecule has 0 saturated heterocycles. The molecule has 0 bridgehead atoms. The molecule has 0 unspecified atom stereocenters. The molecule has 210 valence electrons. The van der Waals surface area contributed by atoms with Gasteiger partial charge in [0.1, 0.15) is 17.2 Å². The number of carbonyl (C=O) groups is 2. The molecular formula is C26H29F3N4O5S. The van der Waals surface area contributed by atoms with Crippen molar-refractivity contribution >= 4 is 23.2 Å². The van der Waals surface area contributed by atoms with Crippen molar-refractivity contribution in [2.75, 3.05) is 33.9 Å². The van der Waals surface area contributed by atoms with E-state index < -0.39 is 12.3 Å². The molecule has 0 fully saturated rings. The molecule has 0 radical (unpaired) electrons. The number of hydrogen-bond donors (Lipinski definition) is 2. The first-order valence-corrected chi connectivity index (χ1v) is 12.9. The van der Waals surface area contributed by atoms with Crippen LogP contribution in [0.5, 0.6) is 17.2 Å². The number of nitrogens with zero attached hydrogens (tertiary/aromatic N) is 2. The van der Waals surface area contributed by atoms with Crippen LogP contribution in [0, 0.1) is 0 Å². The molecule has 9 nitrogen and oxygen atoms in total. The number of rotatable bonds is 12. The van der Waals surface area contributed by atoms with Crippen LogP contribution < -0.4 is 29.6 Å². The number of aromatic nitrogens is 1. The maximum Gasteiger partial charge on any atom is 0.573 e. The third-order valence-electron chi connectivity index (χ3n) is 5.41. The van der Waals surface area contributed by atoms with Crippen molar-refractivity contribution in [2.45, 2.75) is 26.3 Å². The van der Waals surface area contributed by atoms with Gasteiger partial charge in [-0.3, -0.25) is 9.59 Å². The minimum atomic E-state index is -4.79. The van der Waals surface area contributed by atoms with E-state index in [0.29, 0.717) is 53.6 Å². The van der Waals surface area contributed by atoms with Gasteiger partial charge in [0.15, 0.2) is 4.80 Å². The van der Waals surface area contributed by atoms with E-state index in [4.69, 9.17) is 9.47 Å². The number of alkyl halides is 3. The third-order valence-corrected chi connectivity index (χ3v) is 6.28. The zero-order valence-electron chi connectivity index (χ0n) is 21.6. The molecule has 2 amide bonds. The smallest absolute Gasteiger partial charge is 0.497 e. The summed E-state index contributed by atoms with van der Waals surface area (Å²) in [5.74, 6) is -0.150. The van der Waals surface area contributed by atoms with Gasteiger partial charge in [0.05, 0.1) is 32.0 Å². The number of amides is 2. The summed E-state index contributed by atoms with van der Waals surface area (Å²) in [6.45, 7) is 3.48. The number of nitrogens with one attached hydrogen (secondary N) is 2. The highest BCUT2D eigenvalue weighted by atomic mass is 32.1. The monoisotopic (exact) mass is 566 g/mol.